The Morgan fingerprint density at radius 2 is 1.60 bits per heavy atom. The van der Waals surface area contributed by atoms with Crippen LogP contribution in [-0.2, 0) is 47.5 Å². The molecule has 1 aromatic rings. The molecule has 0 spiro atoms. The highest BCUT2D eigenvalue weighted by Crippen LogP contribution is 2.65. The number of methoxy groups -OCH3 is 1. The number of hydrogen-bond donors (Lipinski definition) is 4. The standard InChI is InChI=1S/C43H59NO16/c1-21-24(57-35(50)28(47)31(38(3,4)5)44-36(51)59-39(6,7)8)19-43(53)33(58-34(49)23-16-14-13-15-17-23)30-41(11,32(48)29(56-22(2)45)27(21)40(43,9)10)25(46)18-26-42(30,20-55-26)60-37(52)54-12/h13-17,21,24-26,28,30-31,33,46-47,53H,18-20H2,1-12H3,(H,44,51)/t21?,24-,25-,26+,28+,30-,31+,33-,41+,42-,43+/m0/s1. The molecular weight excluding hydrogens is 786 g/mol. The molecule has 5 rings (SSSR count). The van der Waals surface area contributed by atoms with Crippen LogP contribution in [0.4, 0.5) is 9.59 Å². The zero-order chi connectivity index (χ0) is 45.1. The smallest absolute Gasteiger partial charge is 0.460 e. The van der Waals surface area contributed by atoms with Gasteiger partial charge in [0.15, 0.2) is 17.5 Å². The first-order valence-electron chi connectivity index (χ1n) is 20.0. The Kier molecular flexibility index (Phi) is 12.4. The lowest BCUT2D eigenvalue weighted by Gasteiger charge is -2.67. The number of aliphatic hydroxyl groups excluding tert-OH is 2. The molecule has 1 amide bonds. The third kappa shape index (κ3) is 8.00. The van der Waals surface area contributed by atoms with Crippen LogP contribution < -0.4 is 5.32 Å². The lowest BCUT2D eigenvalue weighted by atomic mass is 9.45. The van der Waals surface area contributed by atoms with E-state index in [0.29, 0.717) is 0 Å². The van der Waals surface area contributed by atoms with Crippen molar-refractivity contribution in [2.45, 2.75) is 142 Å². The summed E-state index contributed by atoms with van der Waals surface area (Å²) in [5.74, 6) is -7.32. The second kappa shape index (κ2) is 16.0. The molecule has 332 valence electrons. The summed E-state index contributed by atoms with van der Waals surface area (Å²) in [4.78, 5) is 82.7. The van der Waals surface area contributed by atoms with Crippen molar-refractivity contribution in [1.82, 2.24) is 5.32 Å². The maximum atomic E-state index is 15.4. The Bertz CT molecular complexity index is 1910. The number of carbonyl (C=O) groups is 6. The average Bonchev–Trinajstić information content (AvgIpc) is 3.13. The fourth-order valence-corrected chi connectivity index (χ4v) is 9.51. The van der Waals surface area contributed by atoms with Crippen molar-refractivity contribution in [3.8, 4) is 0 Å². The van der Waals surface area contributed by atoms with Crippen LogP contribution in [0.2, 0.25) is 0 Å². The number of carbonyl (C=O) groups excluding carboxylic acids is 6. The number of benzene rings is 1. The molecule has 60 heavy (non-hydrogen) atoms. The number of esters is 3. The van der Waals surface area contributed by atoms with E-state index < -0.39 is 130 Å². The second-order valence-corrected chi connectivity index (χ2v) is 19.1. The molecular formula is C43H59NO16. The third-order valence-corrected chi connectivity index (χ3v) is 12.7. The molecule has 17 nitrogen and oxygen atoms in total. The van der Waals surface area contributed by atoms with E-state index in [0.717, 1.165) is 14.0 Å². The van der Waals surface area contributed by atoms with Gasteiger partial charge in [0.2, 0.25) is 5.78 Å². The molecule has 1 aliphatic heterocycles. The summed E-state index contributed by atoms with van der Waals surface area (Å²) < 4.78 is 40.2. The fourth-order valence-electron chi connectivity index (χ4n) is 9.51. The number of nitrogens with one attached hydrogen (secondary N) is 1. The van der Waals surface area contributed by atoms with Gasteiger partial charge < -0.3 is 53.8 Å². The van der Waals surface area contributed by atoms with Gasteiger partial charge in [0, 0.05) is 31.1 Å². The zero-order valence-corrected chi connectivity index (χ0v) is 36.3. The summed E-state index contributed by atoms with van der Waals surface area (Å²) in [6, 6.07) is 6.50. The minimum absolute atomic E-state index is 0.0226. The Hall–Kier alpha value is -4.58. The van der Waals surface area contributed by atoms with Gasteiger partial charge in [0.25, 0.3) is 0 Å². The minimum Gasteiger partial charge on any atom is -0.460 e. The van der Waals surface area contributed by atoms with Crippen LogP contribution in [0.3, 0.4) is 0 Å². The summed E-state index contributed by atoms with van der Waals surface area (Å²) >= 11 is 0. The van der Waals surface area contributed by atoms with Gasteiger partial charge in [-0.15, -0.1) is 0 Å². The van der Waals surface area contributed by atoms with Crippen LogP contribution >= 0.6 is 0 Å². The van der Waals surface area contributed by atoms with Gasteiger partial charge in [0.1, 0.15) is 29.5 Å². The van der Waals surface area contributed by atoms with Crippen LogP contribution in [-0.4, -0.2) is 118 Å². The van der Waals surface area contributed by atoms with Crippen molar-refractivity contribution in [3.05, 3.63) is 47.2 Å². The number of Topliss-reactive ketones (excluding diaryl/α,β-unsaturated/α-hetero) is 1. The Morgan fingerprint density at radius 3 is 2.12 bits per heavy atom. The first-order valence-corrected chi connectivity index (χ1v) is 20.0. The van der Waals surface area contributed by atoms with Crippen LogP contribution in [0, 0.1) is 28.1 Å². The lowest BCUT2D eigenvalue weighted by molar-refractivity contribution is -0.343. The van der Waals surface area contributed by atoms with Gasteiger partial charge in [0.05, 0.1) is 42.8 Å². The fraction of sp³-hybridized carbons (Fsp3) is 0.674. The minimum atomic E-state index is -2.42. The van der Waals surface area contributed by atoms with Crippen molar-refractivity contribution in [1.29, 1.82) is 0 Å². The first kappa shape index (κ1) is 46.5. The number of fused-ring (bicyclic) bond motifs is 5. The molecule has 1 saturated heterocycles. The molecule has 4 aliphatic rings. The number of ketones is 1. The van der Waals surface area contributed by atoms with Gasteiger partial charge in [-0.1, -0.05) is 59.7 Å². The normalized spacial score (nSPS) is 33.1. The number of rotatable bonds is 8. The molecule has 3 fully saturated rings. The predicted octanol–water partition coefficient (Wildman–Crippen LogP) is 3.93. The molecule has 2 bridgehead atoms. The van der Waals surface area contributed by atoms with E-state index in [2.05, 4.69) is 5.32 Å². The SMILES string of the molecule is COC(=O)O[C@@]12CO[C@@H]1C[C@H](O)[C@@]1(C)C(=O)C(OC(C)=O)=C3C(C)[C@@H](OC(=O)[C@H](O)[C@@H](NC(=O)OC(C)(C)C)C(C)(C)C)C[C@@](O)([C@@H](OC(=O)c4ccccc4)[C@H]21)C3(C)C. The van der Waals surface area contributed by atoms with Crippen molar-refractivity contribution in [2.24, 2.45) is 28.1 Å². The molecule has 4 N–H and O–H groups in total. The van der Waals surface area contributed by atoms with Crippen LogP contribution in [0.25, 0.3) is 0 Å². The highest BCUT2D eigenvalue weighted by atomic mass is 16.8. The summed E-state index contributed by atoms with van der Waals surface area (Å²) in [6.45, 7) is 16.6. The zero-order valence-electron chi connectivity index (χ0n) is 36.3. The highest BCUT2D eigenvalue weighted by Gasteiger charge is 2.78. The molecule has 3 aliphatic carbocycles. The van der Waals surface area contributed by atoms with Crippen LogP contribution in [0.1, 0.15) is 99.4 Å². The van der Waals surface area contributed by atoms with Crippen molar-refractivity contribution in [3.63, 3.8) is 0 Å². The van der Waals surface area contributed by atoms with E-state index in [1.54, 1.807) is 66.7 Å². The Balaban J connectivity index is 1.74. The highest BCUT2D eigenvalue weighted by molar-refractivity contribution is 6.02. The maximum Gasteiger partial charge on any atom is 0.508 e. The van der Waals surface area contributed by atoms with Gasteiger partial charge in [-0.05, 0) is 50.8 Å². The number of alkyl carbamates (subject to hydrolysis) is 1. The maximum absolute atomic E-state index is 15.4. The largest absolute Gasteiger partial charge is 0.508 e. The lowest BCUT2D eigenvalue weighted by Crippen LogP contribution is -2.81. The molecule has 2 saturated carbocycles. The predicted molar refractivity (Wildman–Crippen MR) is 209 cm³/mol. The first-order chi connectivity index (χ1) is 27.6. The third-order valence-electron chi connectivity index (χ3n) is 12.7. The monoisotopic (exact) mass is 845 g/mol. The van der Waals surface area contributed by atoms with E-state index in [-0.39, 0.29) is 24.2 Å². The Labute approximate surface area is 349 Å². The molecule has 17 heteroatoms. The number of aliphatic hydroxyl groups is 3. The number of ether oxygens (including phenoxy) is 7. The van der Waals surface area contributed by atoms with E-state index in [9.17, 15) is 39.3 Å². The van der Waals surface area contributed by atoms with E-state index in [1.807, 2.05) is 0 Å². The quantitative estimate of drug-likeness (QED) is 0.214. The van der Waals surface area contributed by atoms with Gasteiger partial charge >= 0.3 is 30.2 Å². The molecule has 0 radical (unpaired) electrons. The van der Waals surface area contributed by atoms with E-state index >= 15 is 4.79 Å². The molecule has 1 aromatic carbocycles. The summed E-state index contributed by atoms with van der Waals surface area (Å²) in [5, 5.41) is 39.8. The van der Waals surface area contributed by atoms with Crippen molar-refractivity contribution >= 4 is 35.9 Å². The van der Waals surface area contributed by atoms with Crippen LogP contribution in [0.5, 0.6) is 0 Å². The number of allylic oxidation sites excluding steroid dienone is 1. The van der Waals surface area contributed by atoms with Crippen molar-refractivity contribution < 1.29 is 77.2 Å². The molecule has 0 aromatic heterocycles. The van der Waals surface area contributed by atoms with Gasteiger partial charge in [-0.2, -0.15) is 0 Å². The van der Waals surface area contributed by atoms with Gasteiger partial charge in [-0.3, -0.25) is 9.59 Å². The summed E-state index contributed by atoms with van der Waals surface area (Å²) in [5.41, 5.74) is -9.96. The number of hydrogen-bond acceptors (Lipinski definition) is 16. The summed E-state index contributed by atoms with van der Waals surface area (Å²) in [7, 11) is 1.06. The van der Waals surface area contributed by atoms with Gasteiger partial charge in [-0.25, -0.2) is 19.2 Å². The average molecular weight is 846 g/mol. The topological polar surface area (TPSA) is 240 Å². The molecule has 11 atom stereocenters. The summed E-state index contributed by atoms with van der Waals surface area (Å²) in [6.07, 6.45) is -10.9. The Morgan fingerprint density at radius 1 is 0.983 bits per heavy atom. The number of amides is 1. The van der Waals surface area contributed by atoms with E-state index in [4.69, 9.17) is 33.2 Å². The molecule has 1 unspecified atom stereocenters. The van der Waals surface area contributed by atoms with Crippen molar-refractivity contribution in [2.75, 3.05) is 13.7 Å². The second-order valence-electron chi connectivity index (χ2n) is 19.1. The molecule has 1 heterocycles. The van der Waals surface area contributed by atoms with E-state index in [1.165, 1.54) is 32.9 Å². The van der Waals surface area contributed by atoms with Crippen LogP contribution in [0.15, 0.2) is 41.7 Å².